The van der Waals surface area contributed by atoms with E-state index in [2.05, 4.69) is 20.5 Å². The molecule has 1 aromatic heterocycles. The number of methoxy groups -OCH3 is 1. The summed E-state index contributed by atoms with van der Waals surface area (Å²) in [6, 6.07) is 8.02. The lowest BCUT2D eigenvalue weighted by Crippen LogP contribution is -2.07. The van der Waals surface area contributed by atoms with Crippen LogP contribution in [0.1, 0.15) is 5.56 Å². The summed E-state index contributed by atoms with van der Waals surface area (Å²) in [6.07, 6.45) is 0. The number of hydrogen-bond donors (Lipinski definition) is 0. The first-order chi connectivity index (χ1) is 10.3. The largest absolute Gasteiger partial charge is 0.497 e. The molecule has 21 heavy (non-hydrogen) atoms. The van der Waals surface area contributed by atoms with Crippen LogP contribution >= 0.6 is 23.5 Å². The Kier molecular flexibility index (Phi) is 4.45. The van der Waals surface area contributed by atoms with Gasteiger partial charge in [0, 0.05) is 23.6 Å². The minimum atomic E-state index is 0.462. The molecular formula is C13H15N5OS2. The predicted molar refractivity (Wildman–Crippen MR) is 85.3 cm³/mol. The standard InChI is InChI=1S/C13H15N5OS2/c1-18-13(15-16-17-18)20-8-11-7-14-12(21-11)9-3-5-10(19-2)6-4-9/h3-6,11H,7-8H2,1-2H3/t11-/m1/s1. The van der Waals surface area contributed by atoms with Crippen LogP contribution in [0.4, 0.5) is 0 Å². The van der Waals surface area contributed by atoms with E-state index < -0.39 is 0 Å². The van der Waals surface area contributed by atoms with Crippen LogP contribution in [0.3, 0.4) is 0 Å². The van der Waals surface area contributed by atoms with Crippen LogP contribution in [0.5, 0.6) is 5.75 Å². The van der Waals surface area contributed by atoms with E-state index in [0.717, 1.165) is 33.8 Å². The van der Waals surface area contributed by atoms with Gasteiger partial charge >= 0.3 is 0 Å². The van der Waals surface area contributed by atoms with Crippen molar-refractivity contribution in [1.29, 1.82) is 0 Å². The number of rotatable bonds is 5. The first kappa shape index (κ1) is 14.4. The molecule has 3 rings (SSSR count). The molecule has 6 nitrogen and oxygen atoms in total. The van der Waals surface area contributed by atoms with E-state index in [9.17, 15) is 0 Å². The lowest BCUT2D eigenvalue weighted by Gasteiger charge is -2.07. The first-order valence-electron chi connectivity index (χ1n) is 6.47. The fourth-order valence-corrected chi connectivity index (χ4v) is 4.03. The summed E-state index contributed by atoms with van der Waals surface area (Å²) in [4.78, 5) is 4.63. The summed E-state index contributed by atoms with van der Waals surface area (Å²) < 4.78 is 6.86. The van der Waals surface area contributed by atoms with E-state index >= 15 is 0 Å². The second-order valence-electron chi connectivity index (χ2n) is 4.51. The second-order valence-corrected chi connectivity index (χ2v) is 6.79. The van der Waals surface area contributed by atoms with Crippen LogP contribution in [0, 0.1) is 0 Å². The molecule has 2 heterocycles. The fraction of sp³-hybridized carbons (Fsp3) is 0.385. The maximum Gasteiger partial charge on any atom is 0.209 e. The van der Waals surface area contributed by atoms with Gasteiger partial charge in [-0.2, -0.15) is 0 Å². The highest BCUT2D eigenvalue weighted by molar-refractivity contribution is 8.16. The average Bonchev–Trinajstić information content (AvgIpc) is 3.14. The number of ether oxygens (including phenoxy) is 1. The van der Waals surface area contributed by atoms with Crippen LogP contribution in [0.25, 0.3) is 0 Å². The molecule has 1 aliphatic heterocycles. The van der Waals surface area contributed by atoms with Gasteiger partial charge < -0.3 is 4.74 Å². The Morgan fingerprint density at radius 3 is 2.86 bits per heavy atom. The van der Waals surface area contributed by atoms with Gasteiger partial charge in [0.2, 0.25) is 5.16 Å². The van der Waals surface area contributed by atoms with Crippen LogP contribution in [-0.4, -0.2) is 49.9 Å². The molecule has 0 aliphatic carbocycles. The lowest BCUT2D eigenvalue weighted by atomic mass is 10.2. The number of nitrogens with zero attached hydrogens (tertiary/aromatic N) is 5. The quantitative estimate of drug-likeness (QED) is 0.783. The van der Waals surface area contributed by atoms with E-state index in [1.165, 1.54) is 0 Å². The summed E-state index contributed by atoms with van der Waals surface area (Å²) in [5, 5.41) is 13.8. The van der Waals surface area contributed by atoms with Crippen LogP contribution in [-0.2, 0) is 7.05 Å². The summed E-state index contributed by atoms with van der Waals surface area (Å²) in [7, 11) is 3.52. The van der Waals surface area contributed by atoms with Crippen molar-refractivity contribution in [3.05, 3.63) is 29.8 Å². The van der Waals surface area contributed by atoms with Crippen molar-refractivity contribution >= 4 is 28.6 Å². The Hall–Kier alpha value is -1.54. The van der Waals surface area contributed by atoms with E-state index in [1.807, 2.05) is 43.1 Å². The van der Waals surface area contributed by atoms with Crippen molar-refractivity contribution in [3.63, 3.8) is 0 Å². The van der Waals surface area contributed by atoms with Crippen molar-refractivity contribution in [3.8, 4) is 5.75 Å². The van der Waals surface area contributed by atoms with Gasteiger partial charge in [-0.3, -0.25) is 4.99 Å². The van der Waals surface area contributed by atoms with Crippen molar-refractivity contribution in [1.82, 2.24) is 20.2 Å². The molecule has 0 amide bonds. The number of aliphatic imine (C=N–C) groups is 1. The summed E-state index contributed by atoms with van der Waals surface area (Å²) in [5.41, 5.74) is 1.15. The number of hydrogen-bond acceptors (Lipinski definition) is 7. The van der Waals surface area contributed by atoms with E-state index in [4.69, 9.17) is 4.74 Å². The minimum absolute atomic E-state index is 0.462. The topological polar surface area (TPSA) is 65.2 Å². The number of benzene rings is 1. The zero-order valence-electron chi connectivity index (χ0n) is 11.8. The highest BCUT2D eigenvalue weighted by Gasteiger charge is 2.21. The maximum absolute atomic E-state index is 5.17. The van der Waals surface area contributed by atoms with Gasteiger partial charge in [0.1, 0.15) is 5.75 Å². The molecule has 0 spiro atoms. The molecule has 1 atom stereocenters. The number of aromatic nitrogens is 4. The molecule has 2 aromatic rings. The smallest absolute Gasteiger partial charge is 0.209 e. The molecule has 1 aromatic carbocycles. The van der Waals surface area contributed by atoms with Gasteiger partial charge in [-0.1, -0.05) is 11.8 Å². The highest BCUT2D eigenvalue weighted by Crippen LogP contribution is 2.30. The SMILES string of the molecule is COc1ccc(C2=NC[C@H](CSc3nnnn3C)S2)cc1. The van der Waals surface area contributed by atoms with Crippen molar-refractivity contribution in [2.24, 2.45) is 12.0 Å². The molecule has 0 fully saturated rings. The molecule has 110 valence electrons. The Balaban J connectivity index is 1.55. The molecule has 0 bridgehead atoms. The molecule has 0 unspecified atom stereocenters. The average molecular weight is 321 g/mol. The lowest BCUT2D eigenvalue weighted by molar-refractivity contribution is 0.415. The zero-order valence-corrected chi connectivity index (χ0v) is 13.4. The van der Waals surface area contributed by atoms with Gasteiger partial charge in [-0.25, -0.2) is 4.68 Å². The minimum Gasteiger partial charge on any atom is -0.497 e. The fourth-order valence-electron chi connectivity index (χ4n) is 1.91. The number of aryl methyl sites for hydroxylation is 1. The van der Waals surface area contributed by atoms with Crippen molar-refractivity contribution < 1.29 is 4.74 Å². The van der Waals surface area contributed by atoms with Gasteiger partial charge in [-0.05, 0) is 34.7 Å². The Bertz CT molecular complexity index is 640. The van der Waals surface area contributed by atoms with Crippen LogP contribution in [0.2, 0.25) is 0 Å². The third kappa shape index (κ3) is 3.38. The summed E-state index contributed by atoms with van der Waals surface area (Å²) >= 11 is 3.48. The third-order valence-corrected chi connectivity index (χ3v) is 5.65. The Morgan fingerprint density at radius 2 is 2.19 bits per heavy atom. The molecule has 0 saturated heterocycles. The molecule has 0 N–H and O–H groups in total. The molecule has 0 saturated carbocycles. The number of thioether (sulfide) groups is 2. The number of tetrazole rings is 1. The monoisotopic (exact) mass is 321 g/mol. The maximum atomic E-state index is 5.17. The Labute approximate surface area is 131 Å². The van der Waals surface area contributed by atoms with E-state index in [0.29, 0.717) is 5.25 Å². The van der Waals surface area contributed by atoms with Gasteiger partial charge in [-0.15, -0.1) is 16.9 Å². The summed E-state index contributed by atoms with van der Waals surface area (Å²) in [5.74, 6) is 1.81. The Morgan fingerprint density at radius 1 is 1.38 bits per heavy atom. The van der Waals surface area contributed by atoms with Crippen molar-refractivity contribution in [2.45, 2.75) is 10.4 Å². The predicted octanol–water partition coefficient (Wildman–Crippen LogP) is 1.87. The van der Waals surface area contributed by atoms with Gasteiger partial charge in [0.25, 0.3) is 0 Å². The molecular weight excluding hydrogens is 306 g/mol. The van der Waals surface area contributed by atoms with E-state index in [1.54, 1.807) is 23.6 Å². The molecule has 0 radical (unpaired) electrons. The second kappa shape index (κ2) is 6.48. The highest BCUT2D eigenvalue weighted by atomic mass is 32.2. The zero-order chi connectivity index (χ0) is 14.7. The third-order valence-electron chi connectivity index (χ3n) is 3.03. The van der Waals surface area contributed by atoms with Crippen molar-refractivity contribution in [2.75, 3.05) is 19.4 Å². The van der Waals surface area contributed by atoms with Crippen LogP contribution < -0.4 is 4.74 Å². The van der Waals surface area contributed by atoms with Gasteiger partial charge in [0.15, 0.2) is 0 Å². The van der Waals surface area contributed by atoms with Crippen LogP contribution in [0.15, 0.2) is 34.4 Å². The van der Waals surface area contributed by atoms with Gasteiger partial charge in [0.05, 0.1) is 18.7 Å². The van der Waals surface area contributed by atoms with E-state index in [-0.39, 0.29) is 0 Å². The normalized spacial score (nSPS) is 17.8. The first-order valence-corrected chi connectivity index (χ1v) is 8.33. The molecule has 8 heteroatoms. The molecule has 1 aliphatic rings. The summed E-state index contributed by atoms with van der Waals surface area (Å²) in [6.45, 7) is 0.838.